The molecular weight excluding hydrogens is 296 g/mol. The highest BCUT2D eigenvalue weighted by Gasteiger charge is 2.26. The minimum absolute atomic E-state index is 0.0886. The smallest absolute Gasteiger partial charge is 0.137 e. The molecule has 0 bridgehead atoms. The summed E-state index contributed by atoms with van der Waals surface area (Å²) in [6, 6.07) is 0. The lowest BCUT2D eigenvalue weighted by Crippen LogP contribution is -2.27. The third-order valence-electron chi connectivity index (χ3n) is 5.39. The second kappa shape index (κ2) is 9.98. The molecule has 1 rings (SSSR count). The van der Waals surface area contributed by atoms with E-state index in [2.05, 4.69) is 39.8 Å². The minimum atomic E-state index is -0.459. The van der Waals surface area contributed by atoms with E-state index in [0.29, 0.717) is 5.92 Å². The van der Waals surface area contributed by atoms with Crippen LogP contribution < -0.4 is 0 Å². The molecule has 2 nitrogen and oxygen atoms in total. The second-order valence-electron chi connectivity index (χ2n) is 7.89. The summed E-state index contributed by atoms with van der Waals surface area (Å²) < 4.78 is 0. The molecule has 0 fully saturated rings. The summed E-state index contributed by atoms with van der Waals surface area (Å²) in [5, 5.41) is 10.8. The Morgan fingerprint density at radius 2 is 2.00 bits per heavy atom. The van der Waals surface area contributed by atoms with Crippen molar-refractivity contribution >= 4 is 5.78 Å². The van der Waals surface area contributed by atoms with E-state index < -0.39 is 6.10 Å². The molecule has 2 heteroatoms. The van der Waals surface area contributed by atoms with E-state index in [1.807, 2.05) is 13.0 Å². The molecule has 0 radical (unpaired) electrons. The lowest BCUT2D eigenvalue weighted by Gasteiger charge is -2.29. The van der Waals surface area contributed by atoms with Gasteiger partial charge in [-0.25, -0.2) is 0 Å². The van der Waals surface area contributed by atoms with E-state index >= 15 is 0 Å². The third-order valence-corrected chi connectivity index (χ3v) is 5.39. The van der Waals surface area contributed by atoms with Crippen molar-refractivity contribution in [1.82, 2.24) is 0 Å². The van der Waals surface area contributed by atoms with Gasteiger partial charge in [-0.3, -0.25) is 4.79 Å². The first-order valence-electron chi connectivity index (χ1n) is 9.38. The first-order valence-corrected chi connectivity index (χ1v) is 9.38. The van der Waals surface area contributed by atoms with Gasteiger partial charge in [0, 0.05) is 5.92 Å². The van der Waals surface area contributed by atoms with Gasteiger partial charge >= 0.3 is 0 Å². The van der Waals surface area contributed by atoms with Crippen LogP contribution in [0.25, 0.3) is 0 Å². The number of hydrogen-bond donors (Lipinski definition) is 1. The molecule has 0 amide bonds. The summed E-state index contributed by atoms with van der Waals surface area (Å²) in [6.45, 7) is 12.3. The van der Waals surface area contributed by atoms with Gasteiger partial charge in [0.2, 0.25) is 0 Å². The molecule has 0 saturated carbocycles. The van der Waals surface area contributed by atoms with Crippen molar-refractivity contribution in [2.45, 2.75) is 79.8 Å². The summed E-state index contributed by atoms with van der Waals surface area (Å²) >= 11 is 0. The fourth-order valence-electron chi connectivity index (χ4n) is 3.64. The number of aliphatic hydroxyl groups is 1. The largest absolute Gasteiger partial charge is 0.389 e. The highest BCUT2D eigenvalue weighted by Crippen LogP contribution is 2.31. The van der Waals surface area contributed by atoms with Crippen molar-refractivity contribution in [2.24, 2.45) is 17.8 Å². The molecule has 0 spiro atoms. The molecule has 1 aliphatic rings. The van der Waals surface area contributed by atoms with Crippen molar-refractivity contribution in [3.8, 4) is 0 Å². The molecule has 0 heterocycles. The Kier molecular flexibility index (Phi) is 8.69. The molecule has 0 aromatic carbocycles. The predicted octanol–water partition coefficient (Wildman–Crippen LogP) is 5.63. The van der Waals surface area contributed by atoms with Crippen LogP contribution in [0.4, 0.5) is 0 Å². The van der Waals surface area contributed by atoms with Crippen LogP contribution in [-0.4, -0.2) is 17.0 Å². The molecule has 0 aromatic rings. The van der Waals surface area contributed by atoms with Gasteiger partial charge in [0.1, 0.15) is 5.78 Å². The fraction of sp³-hybridized carbons (Fsp3) is 0.682. The lowest BCUT2D eigenvalue weighted by atomic mass is 9.79. The first kappa shape index (κ1) is 20.9. The molecule has 0 saturated heterocycles. The molecule has 1 aliphatic carbocycles. The average Bonchev–Trinajstić information content (AvgIpc) is 2.46. The first-order chi connectivity index (χ1) is 11.2. The Bertz CT molecular complexity index is 506. The number of aliphatic hydroxyl groups excluding tert-OH is 1. The Hall–Kier alpha value is -1.15. The fourth-order valence-corrected chi connectivity index (χ4v) is 3.64. The molecule has 1 N–H and O–H groups in total. The van der Waals surface area contributed by atoms with Crippen molar-refractivity contribution in [3.63, 3.8) is 0 Å². The van der Waals surface area contributed by atoms with E-state index in [1.54, 1.807) is 6.92 Å². The SMILES string of the molecule is CC(=O)[C@H]1CC=C(C)CC[C@@H]([C@H](C)CCC=C(C)C)[C@@H](O)/C=C/1C. The van der Waals surface area contributed by atoms with Gasteiger partial charge in [-0.2, -0.15) is 0 Å². The molecular formula is C22H36O2. The van der Waals surface area contributed by atoms with E-state index in [0.717, 1.165) is 37.7 Å². The van der Waals surface area contributed by atoms with E-state index in [9.17, 15) is 9.90 Å². The van der Waals surface area contributed by atoms with Crippen molar-refractivity contribution in [1.29, 1.82) is 0 Å². The Labute approximate surface area is 148 Å². The summed E-state index contributed by atoms with van der Waals surface area (Å²) in [5.41, 5.74) is 3.71. The van der Waals surface area contributed by atoms with Gasteiger partial charge in [0.05, 0.1) is 6.10 Å². The number of allylic oxidation sites excluding steroid dienone is 5. The van der Waals surface area contributed by atoms with Gasteiger partial charge in [-0.15, -0.1) is 0 Å². The van der Waals surface area contributed by atoms with Gasteiger partial charge in [0.15, 0.2) is 0 Å². The summed E-state index contributed by atoms with van der Waals surface area (Å²) in [5.74, 6) is 0.810. The number of carbonyl (C=O) groups excluding carboxylic acids is 1. The van der Waals surface area contributed by atoms with E-state index in [1.165, 1.54) is 11.1 Å². The standard InChI is InChI=1S/C22H36O2/c1-15(2)8-7-9-17(4)21-13-11-16(3)10-12-20(19(6)23)18(5)14-22(21)24/h8,10,14,17,20-22,24H,7,9,11-13H2,1-6H3/b16-10?,18-14+/t17-,20+,21+,22+/m1/s1. The van der Waals surface area contributed by atoms with Crippen LogP contribution in [0, 0.1) is 17.8 Å². The number of ketones is 1. The van der Waals surface area contributed by atoms with Crippen LogP contribution in [0.15, 0.2) is 34.9 Å². The monoisotopic (exact) mass is 332 g/mol. The highest BCUT2D eigenvalue weighted by atomic mass is 16.3. The Morgan fingerprint density at radius 1 is 1.33 bits per heavy atom. The third kappa shape index (κ3) is 6.76. The van der Waals surface area contributed by atoms with E-state index in [4.69, 9.17) is 0 Å². The maximum Gasteiger partial charge on any atom is 0.137 e. The topological polar surface area (TPSA) is 37.3 Å². The van der Waals surface area contributed by atoms with Crippen LogP contribution in [0.3, 0.4) is 0 Å². The number of hydrogen-bond acceptors (Lipinski definition) is 2. The zero-order chi connectivity index (χ0) is 18.3. The predicted molar refractivity (Wildman–Crippen MR) is 103 cm³/mol. The Balaban J connectivity index is 2.95. The van der Waals surface area contributed by atoms with Gasteiger partial charge in [0.25, 0.3) is 0 Å². The molecule has 24 heavy (non-hydrogen) atoms. The Morgan fingerprint density at radius 3 is 2.58 bits per heavy atom. The van der Waals surface area contributed by atoms with Crippen LogP contribution >= 0.6 is 0 Å². The lowest BCUT2D eigenvalue weighted by molar-refractivity contribution is -0.119. The minimum Gasteiger partial charge on any atom is -0.389 e. The van der Waals surface area contributed by atoms with Crippen LogP contribution in [0.2, 0.25) is 0 Å². The van der Waals surface area contributed by atoms with Crippen LogP contribution in [0.1, 0.15) is 73.6 Å². The molecule has 0 aliphatic heterocycles. The highest BCUT2D eigenvalue weighted by molar-refractivity contribution is 5.81. The molecule has 0 aromatic heterocycles. The second-order valence-corrected chi connectivity index (χ2v) is 7.89. The summed E-state index contributed by atoms with van der Waals surface area (Å²) in [7, 11) is 0. The average molecular weight is 333 g/mol. The summed E-state index contributed by atoms with van der Waals surface area (Å²) in [4.78, 5) is 11.9. The quantitative estimate of drug-likeness (QED) is 0.663. The molecule has 136 valence electrons. The number of Topliss-reactive ketones (excluding diaryl/α,β-unsaturated/α-hetero) is 1. The van der Waals surface area contributed by atoms with Crippen molar-refractivity contribution in [2.75, 3.05) is 0 Å². The van der Waals surface area contributed by atoms with Crippen LogP contribution in [-0.2, 0) is 4.79 Å². The van der Waals surface area contributed by atoms with Crippen molar-refractivity contribution in [3.05, 3.63) is 34.9 Å². The summed E-state index contributed by atoms with van der Waals surface area (Å²) in [6.07, 6.45) is 10.9. The molecule has 4 atom stereocenters. The van der Waals surface area contributed by atoms with Gasteiger partial charge < -0.3 is 5.11 Å². The zero-order valence-electron chi connectivity index (χ0n) is 16.4. The number of carbonyl (C=O) groups is 1. The van der Waals surface area contributed by atoms with Gasteiger partial charge in [-0.1, -0.05) is 41.9 Å². The van der Waals surface area contributed by atoms with Crippen LogP contribution in [0.5, 0.6) is 0 Å². The molecule has 0 unspecified atom stereocenters. The normalized spacial score (nSPS) is 29.0. The van der Waals surface area contributed by atoms with Crippen molar-refractivity contribution < 1.29 is 9.90 Å². The van der Waals surface area contributed by atoms with Gasteiger partial charge in [-0.05, 0) is 78.6 Å². The number of rotatable bonds is 5. The zero-order valence-corrected chi connectivity index (χ0v) is 16.4. The maximum absolute atomic E-state index is 11.9. The van der Waals surface area contributed by atoms with E-state index in [-0.39, 0.29) is 17.6 Å². The maximum atomic E-state index is 11.9.